The van der Waals surface area contributed by atoms with Crippen LogP contribution in [0.15, 0.2) is 53.9 Å². The molecule has 0 radical (unpaired) electrons. The molecule has 0 aliphatic carbocycles. The van der Waals surface area contributed by atoms with Crippen LogP contribution in [0.2, 0.25) is 0 Å². The minimum Gasteiger partial charge on any atom is -0.497 e. The standard InChI is InChI=1S/C16H14N2OS/c1-19-12-6-4-5-11(9-12)15-10-20-16(18-15)13-7-2-3-8-14(13)17/h2-10H,17H2,1H3. The largest absolute Gasteiger partial charge is 0.497 e. The fourth-order valence-corrected chi connectivity index (χ4v) is 2.88. The van der Waals surface area contributed by atoms with Gasteiger partial charge in [0.25, 0.3) is 0 Å². The Morgan fingerprint density at radius 3 is 2.75 bits per heavy atom. The lowest BCUT2D eigenvalue weighted by molar-refractivity contribution is 0.415. The fraction of sp³-hybridized carbons (Fsp3) is 0.0625. The molecular formula is C16H14N2OS. The van der Waals surface area contributed by atoms with E-state index >= 15 is 0 Å². The van der Waals surface area contributed by atoms with Crippen molar-refractivity contribution in [3.05, 3.63) is 53.9 Å². The third kappa shape index (κ3) is 2.38. The summed E-state index contributed by atoms with van der Waals surface area (Å²) < 4.78 is 5.24. The van der Waals surface area contributed by atoms with Crippen LogP contribution in [0.1, 0.15) is 0 Å². The van der Waals surface area contributed by atoms with Gasteiger partial charge in [-0.3, -0.25) is 0 Å². The van der Waals surface area contributed by atoms with Crippen molar-refractivity contribution in [3.63, 3.8) is 0 Å². The number of thiazole rings is 1. The quantitative estimate of drug-likeness (QED) is 0.737. The van der Waals surface area contributed by atoms with Crippen LogP contribution in [0.3, 0.4) is 0 Å². The SMILES string of the molecule is COc1cccc(-c2csc(-c3ccccc3N)n2)c1. The number of aromatic nitrogens is 1. The average Bonchev–Trinajstić information content (AvgIpc) is 2.97. The monoisotopic (exact) mass is 282 g/mol. The molecule has 0 aliphatic heterocycles. The highest BCUT2D eigenvalue weighted by atomic mass is 32.1. The molecular weight excluding hydrogens is 268 g/mol. The normalized spacial score (nSPS) is 10.4. The molecule has 1 heterocycles. The van der Waals surface area contributed by atoms with Gasteiger partial charge >= 0.3 is 0 Å². The van der Waals surface area contributed by atoms with E-state index in [4.69, 9.17) is 10.5 Å². The van der Waals surface area contributed by atoms with Crippen molar-refractivity contribution < 1.29 is 4.74 Å². The maximum absolute atomic E-state index is 5.99. The van der Waals surface area contributed by atoms with Crippen molar-refractivity contribution in [3.8, 4) is 27.6 Å². The summed E-state index contributed by atoms with van der Waals surface area (Å²) in [7, 11) is 1.66. The number of nitrogen functional groups attached to an aromatic ring is 1. The van der Waals surface area contributed by atoms with Gasteiger partial charge in [-0.25, -0.2) is 4.98 Å². The summed E-state index contributed by atoms with van der Waals surface area (Å²) in [6.45, 7) is 0. The number of nitrogens with zero attached hydrogens (tertiary/aromatic N) is 1. The molecule has 2 aromatic carbocycles. The van der Waals surface area contributed by atoms with Crippen LogP contribution in [-0.4, -0.2) is 12.1 Å². The molecule has 0 spiro atoms. The summed E-state index contributed by atoms with van der Waals surface area (Å²) >= 11 is 1.59. The molecule has 1 aromatic heterocycles. The van der Waals surface area contributed by atoms with Crippen LogP contribution in [0.5, 0.6) is 5.75 Å². The number of hydrogen-bond acceptors (Lipinski definition) is 4. The molecule has 20 heavy (non-hydrogen) atoms. The Morgan fingerprint density at radius 1 is 1.10 bits per heavy atom. The minimum atomic E-state index is 0.749. The van der Waals surface area contributed by atoms with Crippen molar-refractivity contribution in [1.29, 1.82) is 0 Å². The second-order valence-electron chi connectivity index (χ2n) is 4.36. The molecule has 100 valence electrons. The molecule has 0 fully saturated rings. The Bertz CT molecular complexity index is 737. The van der Waals surface area contributed by atoms with E-state index in [0.29, 0.717) is 0 Å². The maximum atomic E-state index is 5.99. The molecule has 4 heteroatoms. The van der Waals surface area contributed by atoms with Crippen LogP contribution in [0.25, 0.3) is 21.8 Å². The second-order valence-corrected chi connectivity index (χ2v) is 5.22. The summed E-state index contributed by atoms with van der Waals surface area (Å²) in [6, 6.07) is 15.7. The Hall–Kier alpha value is -2.33. The van der Waals surface area contributed by atoms with Gasteiger partial charge in [-0.1, -0.05) is 24.3 Å². The van der Waals surface area contributed by atoms with E-state index in [1.807, 2.05) is 53.9 Å². The zero-order valence-corrected chi connectivity index (χ0v) is 11.9. The summed E-state index contributed by atoms with van der Waals surface area (Å²) in [4.78, 5) is 4.67. The highest BCUT2D eigenvalue weighted by Crippen LogP contribution is 2.32. The van der Waals surface area contributed by atoms with Crippen LogP contribution >= 0.6 is 11.3 Å². The van der Waals surface area contributed by atoms with Crippen LogP contribution in [0, 0.1) is 0 Å². The van der Waals surface area contributed by atoms with Crippen LogP contribution in [0.4, 0.5) is 5.69 Å². The van der Waals surface area contributed by atoms with Crippen molar-refractivity contribution in [1.82, 2.24) is 4.98 Å². The van der Waals surface area contributed by atoms with Crippen molar-refractivity contribution in [2.24, 2.45) is 0 Å². The van der Waals surface area contributed by atoms with Crippen molar-refractivity contribution in [2.45, 2.75) is 0 Å². The topological polar surface area (TPSA) is 48.1 Å². The Labute approximate surface area is 121 Å². The summed E-state index contributed by atoms with van der Waals surface area (Å²) in [5, 5.41) is 2.97. The maximum Gasteiger partial charge on any atom is 0.126 e. The molecule has 0 unspecified atom stereocenters. The Balaban J connectivity index is 2.00. The number of ether oxygens (including phenoxy) is 1. The van der Waals surface area contributed by atoms with E-state index in [1.54, 1.807) is 18.4 Å². The van der Waals surface area contributed by atoms with Gasteiger partial charge in [0.15, 0.2) is 0 Å². The molecule has 0 amide bonds. The molecule has 2 N–H and O–H groups in total. The highest BCUT2D eigenvalue weighted by molar-refractivity contribution is 7.13. The first-order valence-electron chi connectivity index (χ1n) is 6.23. The predicted octanol–water partition coefficient (Wildman–Crippen LogP) is 4.07. The first-order valence-corrected chi connectivity index (χ1v) is 7.11. The van der Waals surface area contributed by atoms with Gasteiger partial charge in [0.1, 0.15) is 10.8 Å². The summed E-state index contributed by atoms with van der Waals surface area (Å²) in [5.41, 5.74) is 9.70. The van der Waals surface area contributed by atoms with Gasteiger partial charge in [-0.15, -0.1) is 11.3 Å². The smallest absolute Gasteiger partial charge is 0.126 e. The van der Waals surface area contributed by atoms with Crippen molar-refractivity contribution in [2.75, 3.05) is 12.8 Å². The third-order valence-electron chi connectivity index (χ3n) is 3.06. The number of hydrogen-bond donors (Lipinski definition) is 1. The van der Waals surface area contributed by atoms with Crippen molar-refractivity contribution >= 4 is 17.0 Å². The molecule has 3 nitrogen and oxygen atoms in total. The number of benzene rings is 2. The van der Waals surface area contributed by atoms with E-state index in [-0.39, 0.29) is 0 Å². The van der Waals surface area contributed by atoms with Gasteiger partial charge in [-0.2, -0.15) is 0 Å². The highest BCUT2D eigenvalue weighted by Gasteiger charge is 2.09. The number of rotatable bonds is 3. The number of methoxy groups -OCH3 is 1. The number of nitrogens with two attached hydrogens (primary N) is 1. The second kappa shape index (κ2) is 5.35. The summed E-state index contributed by atoms with van der Waals surface area (Å²) in [6.07, 6.45) is 0. The third-order valence-corrected chi connectivity index (χ3v) is 3.94. The van der Waals surface area contributed by atoms with Crippen LogP contribution < -0.4 is 10.5 Å². The first kappa shape index (κ1) is 12.7. The van der Waals surface area contributed by atoms with Gasteiger partial charge in [0.2, 0.25) is 0 Å². The number of para-hydroxylation sites is 1. The minimum absolute atomic E-state index is 0.749. The Kier molecular flexibility index (Phi) is 3.39. The predicted molar refractivity (Wildman–Crippen MR) is 84.0 cm³/mol. The summed E-state index contributed by atoms with van der Waals surface area (Å²) in [5.74, 6) is 0.830. The lowest BCUT2D eigenvalue weighted by atomic mass is 10.1. The van der Waals surface area contributed by atoms with Crippen LogP contribution in [-0.2, 0) is 0 Å². The molecule has 3 aromatic rings. The number of anilines is 1. The van der Waals surface area contributed by atoms with Gasteiger partial charge in [0.05, 0.1) is 12.8 Å². The zero-order valence-electron chi connectivity index (χ0n) is 11.0. The Morgan fingerprint density at radius 2 is 1.95 bits per heavy atom. The average molecular weight is 282 g/mol. The lowest BCUT2D eigenvalue weighted by Gasteiger charge is -2.02. The fourth-order valence-electron chi connectivity index (χ4n) is 2.00. The van der Waals surface area contributed by atoms with Gasteiger partial charge in [-0.05, 0) is 24.3 Å². The molecule has 0 saturated heterocycles. The first-order chi connectivity index (χ1) is 9.78. The van der Waals surface area contributed by atoms with E-state index in [9.17, 15) is 0 Å². The zero-order chi connectivity index (χ0) is 13.9. The van der Waals surface area contributed by atoms with E-state index in [1.165, 1.54) is 0 Å². The van der Waals surface area contributed by atoms with E-state index in [2.05, 4.69) is 4.98 Å². The molecule has 3 rings (SSSR count). The van der Waals surface area contributed by atoms with E-state index < -0.39 is 0 Å². The van der Waals surface area contributed by atoms with Gasteiger partial charge in [0, 0.05) is 22.2 Å². The van der Waals surface area contributed by atoms with Gasteiger partial charge < -0.3 is 10.5 Å². The molecule has 0 bridgehead atoms. The lowest BCUT2D eigenvalue weighted by Crippen LogP contribution is -1.88. The van der Waals surface area contributed by atoms with E-state index in [0.717, 1.165) is 33.3 Å². The molecule has 0 atom stereocenters. The molecule has 0 saturated carbocycles. The molecule has 0 aliphatic rings.